The number of methoxy groups -OCH3 is 1. The van der Waals surface area contributed by atoms with Gasteiger partial charge in [0, 0.05) is 26.1 Å². The van der Waals surface area contributed by atoms with Crippen LogP contribution in [0.25, 0.3) is 0 Å². The Morgan fingerprint density at radius 1 is 1.32 bits per heavy atom. The summed E-state index contributed by atoms with van der Waals surface area (Å²) in [7, 11) is 1.65. The van der Waals surface area contributed by atoms with Crippen LogP contribution in [0.2, 0.25) is 0 Å². The van der Waals surface area contributed by atoms with Crippen LogP contribution < -0.4 is 15.4 Å². The number of amides is 1. The van der Waals surface area contributed by atoms with E-state index >= 15 is 0 Å². The molecule has 1 rings (SSSR count). The third-order valence-corrected chi connectivity index (χ3v) is 2.71. The lowest BCUT2D eigenvalue weighted by atomic mass is 10.1. The van der Waals surface area contributed by atoms with Gasteiger partial charge in [0.15, 0.2) is 0 Å². The zero-order chi connectivity index (χ0) is 13.9. The molecule has 4 heteroatoms. The van der Waals surface area contributed by atoms with Crippen LogP contribution in [0.1, 0.15) is 12.0 Å². The Hall–Kier alpha value is -1.81. The van der Waals surface area contributed by atoms with Crippen molar-refractivity contribution in [3.63, 3.8) is 0 Å². The van der Waals surface area contributed by atoms with Gasteiger partial charge in [-0.3, -0.25) is 4.79 Å². The van der Waals surface area contributed by atoms with Crippen molar-refractivity contribution in [3.8, 4) is 5.75 Å². The van der Waals surface area contributed by atoms with E-state index in [1.807, 2.05) is 24.3 Å². The van der Waals surface area contributed by atoms with Crippen LogP contribution in [-0.4, -0.2) is 32.7 Å². The lowest BCUT2D eigenvalue weighted by Gasteiger charge is -2.06. The predicted molar refractivity (Wildman–Crippen MR) is 77.4 cm³/mol. The first-order chi connectivity index (χ1) is 9.26. The standard InChI is InChI=1S/C15H22N2O2/c1-3-10-16-11-9-15(18)17-12-8-13-4-6-14(19-2)7-5-13/h3-7,16H,1,8-12H2,2H3,(H,17,18). The molecule has 1 aromatic rings. The lowest BCUT2D eigenvalue weighted by Crippen LogP contribution is -2.29. The van der Waals surface area contributed by atoms with Gasteiger partial charge in [-0.25, -0.2) is 0 Å². The van der Waals surface area contributed by atoms with E-state index in [-0.39, 0.29) is 5.91 Å². The molecule has 0 unspecified atom stereocenters. The predicted octanol–water partition coefficient (Wildman–Crippen LogP) is 1.52. The summed E-state index contributed by atoms with van der Waals surface area (Å²) < 4.78 is 5.09. The molecular formula is C15H22N2O2. The van der Waals surface area contributed by atoms with E-state index in [1.54, 1.807) is 13.2 Å². The van der Waals surface area contributed by atoms with Gasteiger partial charge in [-0.15, -0.1) is 6.58 Å². The minimum Gasteiger partial charge on any atom is -0.497 e. The van der Waals surface area contributed by atoms with Crippen LogP contribution in [-0.2, 0) is 11.2 Å². The third-order valence-electron chi connectivity index (χ3n) is 2.71. The fraction of sp³-hybridized carbons (Fsp3) is 0.400. The Morgan fingerprint density at radius 3 is 2.68 bits per heavy atom. The Kier molecular flexibility index (Phi) is 7.35. The zero-order valence-corrected chi connectivity index (χ0v) is 11.4. The van der Waals surface area contributed by atoms with Crippen molar-refractivity contribution in [1.29, 1.82) is 0 Å². The number of benzene rings is 1. The summed E-state index contributed by atoms with van der Waals surface area (Å²) in [6.07, 6.45) is 3.11. The smallest absolute Gasteiger partial charge is 0.221 e. The molecular weight excluding hydrogens is 240 g/mol. The van der Waals surface area contributed by atoms with Crippen LogP contribution in [0.5, 0.6) is 5.75 Å². The Bertz CT molecular complexity index is 388. The summed E-state index contributed by atoms with van der Waals surface area (Å²) in [6, 6.07) is 7.87. The van der Waals surface area contributed by atoms with E-state index in [0.29, 0.717) is 19.5 Å². The van der Waals surface area contributed by atoms with Gasteiger partial charge in [-0.1, -0.05) is 18.2 Å². The first-order valence-corrected chi connectivity index (χ1v) is 6.47. The Labute approximate surface area is 114 Å². The molecule has 0 fully saturated rings. The summed E-state index contributed by atoms with van der Waals surface area (Å²) >= 11 is 0. The van der Waals surface area contributed by atoms with Crippen LogP contribution in [0.15, 0.2) is 36.9 Å². The molecule has 0 radical (unpaired) electrons. The lowest BCUT2D eigenvalue weighted by molar-refractivity contribution is -0.120. The molecule has 19 heavy (non-hydrogen) atoms. The maximum atomic E-state index is 11.5. The average Bonchev–Trinajstić information content (AvgIpc) is 2.44. The minimum absolute atomic E-state index is 0.0741. The number of rotatable bonds is 9. The van der Waals surface area contributed by atoms with Crippen molar-refractivity contribution >= 4 is 5.91 Å². The third kappa shape index (κ3) is 6.62. The van der Waals surface area contributed by atoms with Crippen LogP contribution >= 0.6 is 0 Å². The summed E-state index contributed by atoms with van der Waals surface area (Å²) in [5.74, 6) is 0.922. The van der Waals surface area contributed by atoms with Gasteiger partial charge in [0.25, 0.3) is 0 Å². The van der Waals surface area contributed by atoms with E-state index in [1.165, 1.54) is 5.56 Å². The second kappa shape index (κ2) is 9.16. The van der Waals surface area contributed by atoms with Gasteiger partial charge < -0.3 is 15.4 Å². The van der Waals surface area contributed by atoms with E-state index in [4.69, 9.17) is 4.74 Å². The highest BCUT2D eigenvalue weighted by Gasteiger charge is 2.00. The van der Waals surface area contributed by atoms with Crippen molar-refractivity contribution in [1.82, 2.24) is 10.6 Å². The number of nitrogens with one attached hydrogen (secondary N) is 2. The zero-order valence-electron chi connectivity index (χ0n) is 11.4. The first kappa shape index (κ1) is 15.2. The first-order valence-electron chi connectivity index (χ1n) is 6.47. The number of carbonyl (C=O) groups is 1. The highest BCUT2D eigenvalue weighted by Crippen LogP contribution is 2.11. The molecule has 1 amide bonds. The minimum atomic E-state index is 0.0741. The SMILES string of the molecule is C=CCNCCC(=O)NCCc1ccc(OC)cc1. The maximum Gasteiger partial charge on any atom is 0.221 e. The normalized spacial score (nSPS) is 9.95. The van der Waals surface area contributed by atoms with Crippen molar-refractivity contribution in [3.05, 3.63) is 42.5 Å². The molecule has 0 aliphatic rings. The van der Waals surface area contributed by atoms with Gasteiger partial charge in [0.1, 0.15) is 5.75 Å². The molecule has 2 N–H and O–H groups in total. The average molecular weight is 262 g/mol. The number of carbonyl (C=O) groups excluding carboxylic acids is 1. The Morgan fingerprint density at radius 2 is 2.05 bits per heavy atom. The van der Waals surface area contributed by atoms with Gasteiger partial charge in [-0.05, 0) is 24.1 Å². The molecule has 104 valence electrons. The van der Waals surface area contributed by atoms with Gasteiger partial charge >= 0.3 is 0 Å². The fourth-order valence-corrected chi connectivity index (χ4v) is 1.63. The van der Waals surface area contributed by atoms with E-state index in [2.05, 4.69) is 17.2 Å². The van der Waals surface area contributed by atoms with Crippen molar-refractivity contribution in [2.75, 3.05) is 26.7 Å². The fourth-order valence-electron chi connectivity index (χ4n) is 1.63. The molecule has 0 spiro atoms. The largest absolute Gasteiger partial charge is 0.497 e. The second-order valence-electron chi connectivity index (χ2n) is 4.19. The van der Waals surface area contributed by atoms with Crippen molar-refractivity contribution in [2.45, 2.75) is 12.8 Å². The molecule has 4 nitrogen and oxygen atoms in total. The van der Waals surface area contributed by atoms with Crippen LogP contribution in [0, 0.1) is 0 Å². The number of hydrogen-bond donors (Lipinski definition) is 2. The van der Waals surface area contributed by atoms with Gasteiger partial charge in [0.05, 0.1) is 7.11 Å². The monoisotopic (exact) mass is 262 g/mol. The summed E-state index contributed by atoms with van der Waals surface area (Å²) in [4.78, 5) is 11.5. The van der Waals surface area contributed by atoms with E-state index in [0.717, 1.165) is 18.7 Å². The van der Waals surface area contributed by atoms with Crippen LogP contribution in [0.3, 0.4) is 0 Å². The highest BCUT2D eigenvalue weighted by atomic mass is 16.5. The molecule has 0 aliphatic heterocycles. The number of ether oxygens (including phenoxy) is 1. The summed E-state index contributed by atoms with van der Waals surface area (Å²) in [6.45, 7) is 5.68. The molecule has 1 aromatic carbocycles. The molecule has 0 atom stereocenters. The molecule has 0 bridgehead atoms. The molecule has 0 heterocycles. The number of hydrogen-bond acceptors (Lipinski definition) is 3. The summed E-state index contributed by atoms with van der Waals surface area (Å²) in [5.41, 5.74) is 1.19. The quantitative estimate of drug-likeness (QED) is 0.524. The second-order valence-corrected chi connectivity index (χ2v) is 4.19. The molecule has 0 saturated heterocycles. The topological polar surface area (TPSA) is 50.4 Å². The van der Waals surface area contributed by atoms with Crippen molar-refractivity contribution < 1.29 is 9.53 Å². The molecule has 0 saturated carbocycles. The van der Waals surface area contributed by atoms with Gasteiger partial charge in [-0.2, -0.15) is 0 Å². The maximum absolute atomic E-state index is 11.5. The van der Waals surface area contributed by atoms with Crippen LogP contribution in [0.4, 0.5) is 0 Å². The molecule has 0 aromatic heterocycles. The van der Waals surface area contributed by atoms with E-state index in [9.17, 15) is 4.79 Å². The van der Waals surface area contributed by atoms with Crippen molar-refractivity contribution in [2.24, 2.45) is 0 Å². The van der Waals surface area contributed by atoms with Gasteiger partial charge in [0.2, 0.25) is 5.91 Å². The highest BCUT2D eigenvalue weighted by molar-refractivity contribution is 5.76. The Balaban J connectivity index is 2.14. The molecule has 0 aliphatic carbocycles. The van der Waals surface area contributed by atoms with E-state index < -0.39 is 0 Å². The summed E-state index contributed by atoms with van der Waals surface area (Å²) in [5, 5.41) is 5.99.